The highest BCUT2D eigenvalue weighted by Crippen LogP contribution is 2.67. The maximum absolute atomic E-state index is 6.09. The van der Waals surface area contributed by atoms with Gasteiger partial charge in [-0.1, -0.05) is 0 Å². The van der Waals surface area contributed by atoms with Gasteiger partial charge in [-0.15, -0.1) is 0 Å². The van der Waals surface area contributed by atoms with E-state index in [-0.39, 0.29) is 17.8 Å². The lowest BCUT2D eigenvalue weighted by Gasteiger charge is -2.42. The fourth-order valence-corrected chi connectivity index (χ4v) is 5.52. The zero-order valence-electron chi connectivity index (χ0n) is 16.2. The molecule has 0 N–H and O–H groups in total. The fourth-order valence-electron chi connectivity index (χ4n) is 5.52. The van der Waals surface area contributed by atoms with Gasteiger partial charge in [0.2, 0.25) is 5.75 Å². The van der Waals surface area contributed by atoms with Crippen LogP contribution in [0.15, 0.2) is 17.7 Å². The van der Waals surface area contributed by atoms with Gasteiger partial charge in [-0.3, -0.25) is 0 Å². The Morgan fingerprint density at radius 1 is 0.926 bits per heavy atom. The van der Waals surface area contributed by atoms with Crippen molar-refractivity contribution in [2.45, 2.75) is 30.7 Å². The van der Waals surface area contributed by atoms with Crippen LogP contribution in [0.5, 0.6) is 17.2 Å². The third kappa shape index (κ3) is 2.12. The van der Waals surface area contributed by atoms with Crippen LogP contribution in [0.4, 0.5) is 0 Å². The molecule has 5 atom stereocenters. The Bertz CT molecular complexity index is 765. The first-order valence-corrected chi connectivity index (χ1v) is 9.54. The van der Waals surface area contributed by atoms with E-state index in [1.807, 2.05) is 12.1 Å². The summed E-state index contributed by atoms with van der Waals surface area (Å²) in [5.74, 6) is 2.76. The van der Waals surface area contributed by atoms with Gasteiger partial charge in [0.15, 0.2) is 11.5 Å². The van der Waals surface area contributed by atoms with E-state index in [1.165, 1.54) is 11.1 Å². The minimum atomic E-state index is -0.334. The second-order valence-corrected chi connectivity index (χ2v) is 7.61. The molecular weight excluding hydrogens is 348 g/mol. The van der Waals surface area contributed by atoms with E-state index in [4.69, 9.17) is 28.4 Å². The van der Waals surface area contributed by atoms with Crippen LogP contribution >= 0.6 is 0 Å². The van der Waals surface area contributed by atoms with Crippen molar-refractivity contribution in [3.8, 4) is 17.2 Å². The lowest BCUT2D eigenvalue weighted by Crippen LogP contribution is -2.43. The Morgan fingerprint density at radius 2 is 1.63 bits per heavy atom. The maximum Gasteiger partial charge on any atom is 0.203 e. The standard InChI is InChI=1S/C21H26O6/c1-22-14-9-11(10-15(23-2)19(14)24-3)16-12-5-7-26-18(12)17(16)21(25-4)13-6-8-27-20(13)21/h9-10,12-13,18,20H,5-8H2,1-4H3/t12-,13-,18-,20+,21+/m0/s1. The van der Waals surface area contributed by atoms with E-state index in [0.717, 1.165) is 31.6 Å². The third-order valence-electron chi connectivity index (χ3n) is 6.73. The van der Waals surface area contributed by atoms with E-state index < -0.39 is 0 Å². The van der Waals surface area contributed by atoms with Crippen molar-refractivity contribution in [3.63, 3.8) is 0 Å². The van der Waals surface area contributed by atoms with E-state index in [1.54, 1.807) is 28.4 Å². The molecule has 1 aromatic carbocycles. The Labute approximate surface area is 159 Å². The Morgan fingerprint density at radius 3 is 2.19 bits per heavy atom. The van der Waals surface area contributed by atoms with Crippen molar-refractivity contribution in [2.24, 2.45) is 11.8 Å². The lowest BCUT2D eigenvalue weighted by molar-refractivity contribution is -0.00953. The summed E-state index contributed by atoms with van der Waals surface area (Å²) < 4.78 is 34.8. The van der Waals surface area contributed by atoms with Crippen molar-refractivity contribution >= 4 is 5.57 Å². The molecule has 2 saturated heterocycles. The minimum Gasteiger partial charge on any atom is -0.493 e. The summed E-state index contributed by atoms with van der Waals surface area (Å²) in [7, 11) is 6.71. The van der Waals surface area contributed by atoms with Gasteiger partial charge in [-0.25, -0.2) is 0 Å². The number of fused-ring (bicyclic) bond motifs is 2. The number of hydrogen-bond donors (Lipinski definition) is 0. The molecule has 5 rings (SSSR count). The molecule has 2 heterocycles. The van der Waals surface area contributed by atoms with Gasteiger partial charge in [0.05, 0.1) is 33.5 Å². The summed E-state index contributed by atoms with van der Waals surface area (Å²) in [6.45, 7) is 1.60. The Balaban J connectivity index is 1.65. The highest BCUT2D eigenvalue weighted by atomic mass is 16.6. The predicted octanol–water partition coefficient (Wildman–Crippen LogP) is 2.69. The first kappa shape index (κ1) is 17.3. The van der Waals surface area contributed by atoms with Crippen molar-refractivity contribution in [1.82, 2.24) is 0 Å². The van der Waals surface area contributed by atoms with Gasteiger partial charge in [0.1, 0.15) is 5.60 Å². The van der Waals surface area contributed by atoms with Crippen LogP contribution in [0, 0.1) is 11.8 Å². The van der Waals surface area contributed by atoms with E-state index in [0.29, 0.717) is 29.1 Å². The van der Waals surface area contributed by atoms with E-state index >= 15 is 0 Å². The molecule has 2 aliphatic carbocycles. The van der Waals surface area contributed by atoms with Crippen molar-refractivity contribution < 1.29 is 28.4 Å². The average molecular weight is 374 g/mol. The SMILES string of the molecule is COc1cc(C2=C([C@@]3(OC)[C@@H]4OCC[C@@H]43)[C@H]3OCC[C@@H]23)cc(OC)c1OC. The molecule has 146 valence electrons. The minimum absolute atomic E-state index is 0.133. The van der Waals surface area contributed by atoms with E-state index in [2.05, 4.69) is 0 Å². The second kappa shape index (κ2) is 6.12. The van der Waals surface area contributed by atoms with Crippen molar-refractivity contribution in [3.05, 3.63) is 23.3 Å². The summed E-state index contributed by atoms with van der Waals surface area (Å²) >= 11 is 0. The number of methoxy groups -OCH3 is 4. The molecule has 0 bridgehead atoms. The van der Waals surface area contributed by atoms with Gasteiger partial charge in [0, 0.05) is 32.2 Å². The molecule has 0 radical (unpaired) electrons. The molecule has 0 amide bonds. The van der Waals surface area contributed by atoms with Crippen LogP contribution in [-0.4, -0.2) is 59.5 Å². The molecule has 6 nitrogen and oxygen atoms in total. The first-order valence-electron chi connectivity index (χ1n) is 9.54. The molecule has 27 heavy (non-hydrogen) atoms. The molecular formula is C21H26O6. The number of hydrogen-bond acceptors (Lipinski definition) is 6. The monoisotopic (exact) mass is 374 g/mol. The van der Waals surface area contributed by atoms with Gasteiger partial charge in [-0.2, -0.15) is 0 Å². The zero-order valence-corrected chi connectivity index (χ0v) is 16.2. The quantitative estimate of drug-likeness (QED) is 0.763. The zero-order chi connectivity index (χ0) is 18.8. The van der Waals surface area contributed by atoms with Crippen LogP contribution in [0.3, 0.4) is 0 Å². The van der Waals surface area contributed by atoms with Crippen molar-refractivity contribution in [2.75, 3.05) is 41.7 Å². The van der Waals surface area contributed by atoms with Crippen LogP contribution in [0.1, 0.15) is 18.4 Å². The molecule has 1 saturated carbocycles. The lowest BCUT2D eigenvalue weighted by atomic mass is 9.68. The second-order valence-electron chi connectivity index (χ2n) is 7.61. The Kier molecular flexibility index (Phi) is 3.93. The van der Waals surface area contributed by atoms with Crippen molar-refractivity contribution in [1.29, 1.82) is 0 Å². The first-order chi connectivity index (χ1) is 13.2. The van der Waals surface area contributed by atoms with E-state index in [9.17, 15) is 0 Å². The summed E-state index contributed by atoms with van der Waals surface area (Å²) in [4.78, 5) is 0. The molecule has 4 aliphatic rings. The highest BCUT2D eigenvalue weighted by molar-refractivity contribution is 5.84. The third-order valence-corrected chi connectivity index (χ3v) is 6.73. The fraction of sp³-hybridized carbons (Fsp3) is 0.619. The molecule has 1 aromatic rings. The van der Waals surface area contributed by atoms with Crippen LogP contribution in [0.25, 0.3) is 5.57 Å². The smallest absolute Gasteiger partial charge is 0.203 e. The predicted molar refractivity (Wildman–Crippen MR) is 98.5 cm³/mol. The number of ether oxygens (including phenoxy) is 6. The molecule has 0 aromatic heterocycles. The molecule has 0 spiro atoms. The molecule has 3 fully saturated rings. The summed E-state index contributed by atoms with van der Waals surface area (Å²) in [5, 5.41) is 0. The summed E-state index contributed by atoms with van der Waals surface area (Å²) in [5.41, 5.74) is 3.32. The topological polar surface area (TPSA) is 55.4 Å². The highest BCUT2D eigenvalue weighted by Gasteiger charge is 2.75. The molecule has 6 heteroatoms. The van der Waals surface area contributed by atoms with Crippen LogP contribution < -0.4 is 14.2 Å². The molecule has 2 aliphatic heterocycles. The average Bonchev–Trinajstić information content (AvgIpc) is 3.04. The maximum atomic E-state index is 6.09. The van der Waals surface area contributed by atoms with Gasteiger partial charge >= 0.3 is 0 Å². The largest absolute Gasteiger partial charge is 0.493 e. The van der Waals surface area contributed by atoms with Gasteiger partial charge in [0.25, 0.3) is 0 Å². The Hall–Kier alpha value is -1.76. The normalized spacial score (nSPS) is 36.1. The number of benzene rings is 1. The molecule has 0 unspecified atom stereocenters. The van der Waals surface area contributed by atoms with Crippen LogP contribution in [0.2, 0.25) is 0 Å². The van der Waals surface area contributed by atoms with Gasteiger partial charge in [-0.05, 0) is 41.7 Å². The van der Waals surface area contributed by atoms with Crippen LogP contribution in [-0.2, 0) is 14.2 Å². The summed E-state index contributed by atoms with van der Waals surface area (Å²) in [6, 6.07) is 4.07. The van der Waals surface area contributed by atoms with Gasteiger partial charge < -0.3 is 28.4 Å². The summed E-state index contributed by atoms with van der Waals surface area (Å²) in [6.07, 6.45) is 2.35. The number of rotatable bonds is 6.